The van der Waals surface area contributed by atoms with E-state index in [4.69, 9.17) is 5.73 Å². The number of H-pyrrole nitrogens is 1. The van der Waals surface area contributed by atoms with Gasteiger partial charge in [-0.3, -0.25) is 14.5 Å². The Bertz CT molecular complexity index is 445. The lowest BCUT2D eigenvalue weighted by molar-refractivity contribution is -0.130. The Morgan fingerprint density at radius 2 is 2.26 bits per heavy atom. The van der Waals surface area contributed by atoms with Crippen molar-refractivity contribution in [3.63, 3.8) is 0 Å². The number of hydrogen-bond donors (Lipinski definition) is 2. The molecule has 3 N–H and O–H groups in total. The minimum absolute atomic E-state index is 0.0221. The molecule has 7 heteroatoms. The van der Waals surface area contributed by atoms with Crippen LogP contribution in [-0.4, -0.2) is 57.8 Å². The number of hydrogen-bond acceptors (Lipinski definition) is 4. The van der Waals surface area contributed by atoms with Crippen LogP contribution in [0.2, 0.25) is 0 Å². The number of carbonyl (C=O) groups excluding carboxylic acids is 2. The Labute approximate surface area is 111 Å². The molecule has 2 rings (SSSR count). The molecule has 0 saturated carbocycles. The molecular formula is C12H19N5O2. The van der Waals surface area contributed by atoms with Crippen LogP contribution in [-0.2, 0) is 16.1 Å². The summed E-state index contributed by atoms with van der Waals surface area (Å²) in [4.78, 5) is 33.9. The van der Waals surface area contributed by atoms with Crippen molar-refractivity contribution in [2.24, 2.45) is 11.7 Å². The molecule has 2 amide bonds. The van der Waals surface area contributed by atoms with Crippen LogP contribution in [0, 0.1) is 5.92 Å². The largest absolute Gasteiger partial charge is 0.369 e. The number of rotatable bonds is 3. The van der Waals surface area contributed by atoms with Crippen LogP contribution in [0.4, 0.5) is 0 Å². The van der Waals surface area contributed by atoms with E-state index in [1.54, 1.807) is 17.3 Å². The molecule has 0 spiro atoms. The van der Waals surface area contributed by atoms with Crippen molar-refractivity contribution >= 4 is 11.8 Å². The Morgan fingerprint density at radius 1 is 1.47 bits per heavy atom. The second-order valence-corrected chi connectivity index (χ2v) is 4.84. The Morgan fingerprint density at radius 3 is 2.84 bits per heavy atom. The molecule has 1 aliphatic rings. The predicted molar refractivity (Wildman–Crippen MR) is 68.8 cm³/mol. The zero-order valence-corrected chi connectivity index (χ0v) is 11.0. The van der Waals surface area contributed by atoms with Crippen molar-refractivity contribution in [2.45, 2.75) is 13.5 Å². The number of aromatic amines is 1. The van der Waals surface area contributed by atoms with E-state index < -0.39 is 0 Å². The van der Waals surface area contributed by atoms with Gasteiger partial charge in [0.1, 0.15) is 5.82 Å². The van der Waals surface area contributed by atoms with Crippen LogP contribution in [0.5, 0.6) is 0 Å². The lowest BCUT2D eigenvalue weighted by Crippen LogP contribution is -2.39. The number of nitrogens with one attached hydrogen (secondary N) is 1. The highest BCUT2D eigenvalue weighted by molar-refractivity contribution is 5.79. The molecule has 104 valence electrons. The number of amides is 2. The highest BCUT2D eigenvalue weighted by atomic mass is 16.2. The van der Waals surface area contributed by atoms with Gasteiger partial charge in [0.05, 0.1) is 12.5 Å². The molecule has 19 heavy (non-hydrogen) atoms. The van der Waals surface area contributed by atoms with Gasteiger partial charge in [0.2, 0.25) is 11.8 Å². The van der Waals surface area contributed by atoms with Crippen LogP contribution in [0.25, 0.3) is 0 Å². The van der Waals surface area contributed by atoms with E-state index in [-0.39, 0.29) is 17.7 Å². The van der Waals surface area contributed by atoms with Crippen LogP contribution in [0.15, 0.2) is 12.4 Å². The third kappa shape index (κ3) is 3.54. The van der Waals surface area contributed by atoms with Gasteiger partial charge < -0.3 is 15.6 Å². The zero-order valence-electron chi connectivity index (χ0n) is 11.0. The molecule has 1 aromatic heterocycles. The summed E-state index contributed by atoms with van der Waals surface area (Å²) < 4.78 is 0. The molecule has 0 unspecified atom stereocenters. The van der Waals surface area contributed by atoms with Gasteiger partial charge >= 0.3 is 0 Å². The monoisotopic (exact) mass is 265 g/mol. The minimum Gasteiger partial charge on any atom is -0.369 e. The zero-order chi connectivity index (χ0) is 13.8. The minimum atomic E-state index is -0.363. The van der Waals surface area contributed by atoms with Crippen LogP contribution in [0.3, 0.4) is 0 Å². The van der Waals surface area contributed by atoms with Crippen molar-refractivity contribution in [1.29, 1.82) is 0 Å². The number of nitrogens with two attached hydrogens (primary N) is 1. The third-order valence-corrected chi connectivity index (χ3v) is 3.38. The standard InChI is InChI=1S/C12H19N5O2/c1-9(18)17-5-4-16(6-10(7-17)12(13)19)8-11-14-2-3-15-11/h2-3,10H,4-8H2,1H3,(H2,13,19)(H,14,15)/t10-/m0/s1. The number of imidazole rings is 1. The van der Waals surface area contributed by atoms with Crippen LogP contribution >= 0.6 is 0 Å². The molecule has 0 bridgehead atoms. The van der Waals surface area contributed by atoms with E-state index >= 15 is 0 Å². The van der Waals surface area contributed by atoms with Crippen molar-refractivity contribution in [3.8, 4) is 0 Å². The molecule has 0 radical (unpaired) electrons. The first-order chi connectivity index (χ1) is 9.06. The van der Waals surface area contributed by atoms with E-state index in [1.807, 2.05) is 0 Å². The summed E-state index contributed by atoms with van der Waals surface area (Å²) in [6.45, 7) is 4.42. The summed E-state index contributed by atoms with van der Waals surface area (Å²) in [5.74, 6) is 0.129. The second-order valence-electron chi connectivity index (χ2n) is 4.84. The molecule has 0 aliphatic carbocycles. The normalized spacial score (nSPS) is 21.1. The smallest absolute Gasteiger partial charge is 0.223 e. The molecule has 1 aromatic rings. The summed E-state index contributed by atoms with van der Waals surface area (Å²) >= 11 is 0. The van der Waals surface area contributed by atoms with Gasteiger partial charge in [0, 0.05) is 45.5 Å². The van der Waals surface area contributed by atoms with Gasteiger partial charge in [-0.1, -0.05) is 0 Å². The number of carbonyl (C=O) groups is 2. The fourth-order valence-corrected chi connectivity index (χ4v) is 2.29. The van der Waals surface area contributed by atoms with Gasteiger partial charge in [-0.2, -0.15) is 0 Å². The van der Waals surface area contributed by atoms with Crippen molar-refractivity contribution in [3.05, 3.63) is 18.2 Å². The van der Waals surface area contributed by atoms with E-state index in [2.05, 4.69) is 14.9 Å². The van der Waals surface area contributed by atoms with Crippen LogP contribution < -0.4 is 5.73 Å². The fourth-order valence-electron chi connectivity index (χ4n) is 2.29. The lowest BCUT2D eigenvalue weighted by Gasteiger charge is -2.20. The molecular weight excluding hydrogens is 246 g/mol. The van der Waals surface area contributed by atoms with Crippen molar-refractivity contribution < 1.29 is 9.59 Å². The first-order valence-electron chi connectivity index (χ1n) is 6.31. The van der Waals surface area contributed by atoms with Crippen molar-refractivity contribution in [1.82, 2.24) is 19.8 Å². The van der Waals surface area contributed by atoms with E-state index in [1.165, 1.54) is 6.92 Å². The highest BCUT2D eigenvalue weighted by Gasteiger charge is 2.27. The summed E-state index contributed by atoms with van der Waals surface area (Å²) in [5.41, 5.74) is 5.41. The van der Waals surface area contributed by atoms with E-state index in [0.29, 0.717) is 32.7 Å². The van der Waals surface area contributed by atoms with Gasteiger partial charge in [0.25, 0.3) is 0 Å². The quantitative estimate of drug-likeness (QED) is 0.746. The maximum Gasteiger partial charge on any atom is 0.223 e. The average Bonchev–Trinajstić information content (AvgIpc) is 2.74. The summed E-state index contributed by atoms with van der Waals surface area (Å²) in [7, 11) is 0. The Balaban J connectivity index is 2.05. The maximum absolute atomic E-state index is 11.5. The van der Waals surface area contributed by atoms with E-state index in [9.17, 15) is 9.59 Å². The Hall–Kier alpha value is -1.89. The maximum atomic E-state index is 11.5. The highest BCUT2D eigenvalue weighted by Crippen LogP contribution is 2.11. The van der Waals surface area contributed by atoms with Crippen LogP contribution in [0.1, 0.15) is 12.7 Å². The molecule has 1 atom stereocenters. The molecule has 7 nitrogen and oxygen atoms in total. The molecule has 0 aromatic carbocycles. The Kier molecular flexibility index (Phi) is 4.16. The molecule has 1 aliphatic heterocycles. The fraction of sp³-hybridized carbons (Fsp3) is 0.583. The number of aromatic nitrogens is 2. The summed E-state index contributed by atoms with van der Waals surface area (Å²) in [6, 6.07) is 0. The molecule has 1 saturated heterocycles. The number of primary amides is 1. The SMILES string of the molecule is CC(=O)N1CCN(Cc2ncc[nH]2)C[C@H](C(N)=O)C1. The third-order valence-electron chi connectivity index (χ3n) is 3.38. The van der Waals surface area contributed by atoms with Gasteiger partial charge in [0.15, 0.2) is 0 Å². The second kappa shape index (κ2) is 5.83. The predicted octanol–water partition coefficient (Wildman–Crippen LogP) is -0.825. The van der Waals surface area contributed by atoms with Gasteiger partial charge in [-0.15, -0.1) is 0 Å². The topological polar surface area (TPSA) is 95.3 Å². The average molecular weight is 265 g/mol. The molecule has 2 heterocycles. The van der Waals surface area contributed by atoms with E-state index in [0.717, 1.165) is 5.82 Å². The number of nitrogens with zero attached hydrogens (tertiary/aromatic N) is 3. The molecule has 1 fully saturated rings. The van der Waals surface area contributed by atoms with Crippen molar-refractivity contribution in [2.75, 3.05) is 26.2 Å². The lowest BCUT2D eigenvalue weighted by atomic mass is 10.1. The first kappa shape index (κ1) is 13.5. The summed E-state index contributed by atoms with van der Waals surface area (Å²) in [5, 5.41) is 0. The van der Waals surface area contributed by atoms with Gasteiger partial charge in [-0.25, -0.2) is 4.98 Å². The summed E-state index contributed by atoms with van der Waals surface area (Å²) in [6.07, 6.45) is 3.46. The first-order valence-corrected chi connectivity index (χ1v) is 6.31. The van der Waals surface area contributed by atoms with Gasteiger partial charge in [-0.05, 0) is 0 Å².